The minimum atomic E-state index is -0.0256. The van der Waals surface area contributed by atoms with E-state index < -0.39 is 0 Å². The molecule has 2 atom stereocenters. The molecular formula is C16H23N3O3. The van der Waals surface area contributed by atoms with Gasteiger partial charge in [0.05, 0.1) is 25.4 Å². The maximum Gasteiger partial charge on any atom is 0.259 e. The van der Waals surface area contributed by atoms with Crippen LogP contribution in [-0.4, -0.2) is 72.7 Å². The van der Waals surface area contributed by atoms with Gasteiger partial charge in [-0.15, -0.1) is 0 Å². The predicted molar refractivity (Wildman–Crippen MR) is 82.2 cm³/mol. The molecule has 6 nitrogen and oxygen atoms in total. The van der Waals surface area contributed by atoms with E-state index in [1.807, 2.05) is 30.9 Å². The van der Waals surface area contributed by atoms with Gasteiger partial charge in [0.15, 0.2) is 0 Å². The zero-order valence-electron chi connectivity index (χ0n) is 13.4. The third-order valence-corrected chi connectivity index (χ3v) is 4.38. The number of hydrogen-bond acceptors (Lipinski definition) is 5. The first-order chi connectivity index (χ1) is 10.6. The van der Waals surface area contributed by atoms with E-state index >= 15 is 0 Å². The summed E-state index contributed by atoms with van der Waals surface area (Å²) >= 11 is 0. The molecule has 0 bridgehead atoms. The van der Waals surface area contributed by atoms with Crippen LogP contribution in [0.5, 0.6) is 5.88 Å². The smallest absolute Gasteiger partial charge is 0.259 e. The van der Waals surface area contributed by atoms with E-state index in [0.29, 0.717) is 31.1 Å². The Kier molecular flexibility index (Phi) is 4.31. The molecule has 3 heterocycles. The molecular weight excluding hydrogens is 282 g/mol. The summed E-state index contributed by atoms with van der Waals surface area (Å²) in [6, 6.07) is 3.94. The summed E-state index contributed by atoms with van der Waals surface area (Å²) in [5.74, 6) is 0.402. The van der Waals surface area contributed by atoms with Crippen molar-refractivity contribution in [2.45, 2.75) is 26.0 Å². The lowest BCUT2D eigenvalue weighted by Crippen LogP contribution is -2.48. The van der Waals surface area contributed by atoms with Crippen molar-refractivity contribution in [3.63, 3.8) is 0 Å². The largest absolute Gasteiger partial charge is 0.477 e. The van der Waals surface area contributed by atoms with Gasteiger partial charge in [-0.1, -0.05) is 0 Å². The molecule has 2 aliphatic heterocycles. The molecule has 2 saturated heterocycles. The average Bonchev–Trinajstić information content (AvgIpc) is 2.93. The first-order valence-corrected chi connectivity index (χ1v) is 7.81. The van der Waals surface area contributed by atoms with Crippen molar-refractivity contribution in [2.75, 3.05) is 39.9 Å². The van der Waals surface area contributed by atoms with Crippen molar-refractivity contribution in [1.29, 1.82) is 0 Å². The molecule has 1 aromatic heterocycles. The molecule has 120 valence electrons. The first kappa shape index (κ1) is 15.2. The number of carbonyl (C=O) groups excluding carboxylic acids is 1. The Morgan fingerprint density at radius 3 is 3.00 bits per heavy atom. The number of amides is 1. The Bertz CT molecular complexity index is 564. The number of fused-ring (bicyclic) bond motifs is 1. The second-order valence-electron chi connectivity index (χ2n) is 5.91. The number of rotatable bonds is 3. The lowest BCUT2D eigenvalue weighted by Gasteiger charge is -2.33. The number of likely N-dealkylation sites (N-methyl/N-ethyl adjacent to an activating group) is 1. The van der Waals surface area contributed by atoms with Crippen molar-refractivity contribution in [3.8, 4) is 5.88 Å². The van der Waals surface area contributed by atoms with Crippen LogP contribution in [0.2, 0.25) is 0 Å². The lowest BCUT2D eigenvalue weighted by atomic mass is 10.1. The Hall–Kier alpha value is -1.66. The van der Waals surface area contributed by atoms with Crippen molar-refractivity contribution in [1.82, 2.24) is 14.8 Å². The zero-order chi connectivity index (χ0) is 15.7. The Morgan fingerprint density at radius 1 is 1.45 bits per heavy atom. The van der Waals surface area contributed by atoms with Gasteiger partial charge in [-0.25, -0.2) is 4.98 Å². The zero-order valence-corrected chi connectivity index (χ0v) is 13.4. The normalized spacial score (nSPS) is 25.1. The monoisotopic (exact) mass is 305 g/mol. The Labute approximate surface area is 131 Å². The van der Waals surface area contributed by atoms with Crippen LogP contribution in [0.4, 0.5) is 0 Å². The predicted octanol–water partition coefficient (Wildman–Crippen LogP) is 0.944. The van der Waals surface area contributed by atoms with Crippen LogP contribution in [0.3, 0.4) is 0 Å². The molecule has 1 amide bonds. The molecule has 0 N–H and O–H groups in total. The molecule has 0 spiro atoms. The van der Waals surface area contributed by atoms with Crippen molar-refractivity contribution < 1.29 is 14.3 Å². The van der Waals surface area contributed by atoms with Crippen LogP contribution in [0.1, 0.15) is 23.0 Å². The average molecular weight is 305 g/mol. The first-order valence-electron chi connectivity index (χ1n) is 7.81. The maximum atomic E-state index is 12.8. The molecule has 6 heteroatoms. The van der Waals surface area contributed by atoms with Gasteiger partial charge >= 0.3 is 0 Å². The molecule has 2 aliphatic rings. The van der Waals surface area contributed by atoms with Gasteiger partial charge < -0.3 is 14.4 Å². The molecule has 1 aromatic rings. The summed E-state index contributed by atoms with van der Waals surface area (Å²) in [5, 5.41) is 0. The number of ether oxygens (including phenoxy) is 2. The summed E-state index contributed by atoms with van der Waals surface area (Å²) in [7, 11) is 2.09. The minimum Gasteiger partial charge on any atom is -0.477 e. The minimum absolute atomic E-state index is 0.0256. The van der Waals surface area contributed by atoms with Crippen molar-refractivity contribution >= 4 is 5.91 Å². The number of pyridine rings is 1. The Morgan fingerprint density at radius 2 is 2.27 bits per heavy atom. The highest BCUT2D eigenvalue weighted by Crippen LogP contribution is 2.25. The van der Waals surface area contributed by atoms with Crippen LogP contribution >= 0.6 is 0 Å². The van der Waals surface area contributed by atoms with E-state index in [1.165, 1.54) is 0 Å². The van der Waals surface area contributed by atoms with E-state index in [2.05, 4.69) is 16.9 Å². The summed E-state index contributed by atoms with van der Waals surface area (Å²) in [6.45, 7) is 7.26. The van der Waals surface area contributed by atoms with Gasteiger partial charge in [0.2, 0.25) is 5.88 Å². The molecule has 0 radical (unpaired) electrons. The van der Waals surface area contributed by atoms with E-state index in [4.69, 9.17) is 9.47 Å². The van der Waals surface area contributed by atoms with Crippen LogP contribution < -0.4 is 4.74 Å². The number of hydrogen-bond donors (Lipinski definition) is 0. The third kappa shape index (κ3) is 2.80. The lowest BCUT2D eigenvalue weighted by molar-refractivity contribution is -0.0368. The highest BCUT2D eigenvalue weighted by Gasteiger charge is 2.41. The standard InChI is InChI=1S/C16H23N3O3/c1-4-21-15-12(6-5-11(2)17-15)16(20)19-9-13-14(10-19)22-8-7-18(13)3/h5-6,13-14H,4,7-10H2,1-3H3/t13-,14+/m0/s1. The molecule has 0 unspecified atom stereocenters. The van der Waals surface area contributed by atoms with Gasteiger partial charge in [0, 0.05) is 25.3 Å². The van der Waals surface area contributed by atoms with Gasteiger partial charge in [0.1, 0.15) is 5.56 Å². The van der Waals surface area contributed by atoms with Gasteiger partial charge in [-0.05, 0) is 33.0 Å². The van der Waals surface area contributed by atoms with Crippen LogP contribution in [0.15, 0.2) is 12.1 Å². The molecule has 0 aliphatic carbocycles. The number of aromatic nitrogens is 1. The fraction of sp³-hybridized carbons (Fsp3) is 0.625. The number of nitrogens with zero attached hydrogens (tertiary/aromatic N) is 3. The van der Waals surface area contributed by atoms with Gasteiger partial charge in [0.25, 0.3) is 5.91 Å². The Balaban J connectivity index is 1.80. The fourth-order valence-electron chi connectivity index (χ4n) is 3.14. The summed E-state index contributed by atoms with van der Waals surface area (Å²) in [4.78, 5) is 21.3. The van der Waals surface area contributed by atoms with E-state index in [1.54, 1.807) is 0 Å². The SMILES string of the molecule is CCOc1nc(C)ccc1C(=O)N1C[C@H]2OCCN(C)[C@H]2C1. The second kappa shape index (κ2) is 6.22. The summed E-state index contributed by atoms with van der Waals surface area (Å²) in [5.41, 5.74) is 1.38. The van der Waals surface area contributed by atoms with Gasteiger partial charge in [-0.3, -0.25) is 9.69 Å². The number of aryl methyl sites for hydroxylation is 1. The topological polar surface area (TPSA) is 54.9 Å². The van der Waals surface area contributed by atoms with Crippen molar-refractivity contribution in [2.24, 2.45) is 0 Å². The third-order valence-electron chi connectivity index (χ3n) is 4.38. The van der Waals surface area contributed by atoms with Crippen molar-refractivity contribution in [3.05, 3.63) is 23.4 Å². The fourth-order valence-corrected chi connectivity index (χ4v) is 3.14. The number of likely N-dealkylation sites (tertiary alicyclic amines) is 1. The van der Waals surface area contributed by atoms with Crippen LogP contribution in [0.25, 0.3) is 0 Å². The molecule has 22 heavy (non-hydrogen) atoms. The number of morpholine rings is 1. The highest BCUT2D eigenvalue weighted by molar-refractivity contribution is 5.96. The molecule has 0 saturated carbocycles. The molecule has 0 aromatic carbocycles. The van der Waals surface area contributed by atoms with Gasteiger partial charge in [-0.2, -0.15) is 0 Å². The van der Waals surface area contributed by atoms with E-state index in [-0.39, 0.29) is 18.1 Å². The van der Waals surface area contributed by atoms with Crippen LogP contribution in [0, 0.1) is 6.92 Å². The van der Waals surface area contributed by atoms with E-state index in [9.17, 15) is 4.79 Å². The number of carbonyl (C=O) groups is 1. The quantitative estimate of drug-likeness (QED) is 0.832. The molecule has 2 fully saturated rings. The summed E-state index contributed by atoms with van der Waals surface area (Å²) < 4.78 is 11.3. The van der Waals surface area contributed by atoms with Crippen LogP contribution in [-0.2, 0) is 4.74 Å². The maximum absolute atomic E-state index is 12.8. The second-order valence-corrected chi connectivity index (χ2v) is 5.91. The summed E-state index contributed by atoms with van der Waals surface area (Å²) in [6.07, 6.45) is 0.108. The van der Waals surface area contributed by atoms with E-state index in [0.717, 1.165) is 18.8 Å². The molecule has 3 rings (SSSR count). The highest BCUT2D eigenvalue weighted by atomic mass is 16.5.